The van der Waals surface area contributed by atoms with Crippen molar-refractivity contribution in [2.24, 2.45) is 0 Å². The third-order valence-electron chi connectivity index (χ3n) is 3.88. The van der Waals surface area contributed by atoms with Crippen LogP contribution < -0.4 is 5.32 Å². The van der Waals surface area contributed by atoms with E-state index < -0.39 is 0 Å². The molecule has 0 radical (unpaired) electrons. The quantitative estimate of drug-likeness (QED) is 0.333. The van der Waals surface area contributed by atoms with E-state index in [1.54, 1.807) is 11.8 Å². The van der Waals surface area contributed by atoms with Crippen molar-refractivity contribution in [3.63, 3.8) is 0 Å². The molecule has 0 bridgehead atoms. The third kappa shape index (κ3) is 4.64. The molecule has 3 rings (SSSR count). The highest BCUT2D eigenvalue weighted by Crippen LogP contribution is 2.28. The molecule has 3 aromatic rings. The summed E-state index contributed by atoms with van der Waals surface area (Å²) in [6.07, 6.45) is 1.93. The number of thioether (sulfide) groups is 1. The van der Waals surface area contributed by atoms with E-state index in [1.807, 2.05) is 91.0 Å². The van der Waals surface area contributed by atoms with Gasteiger partial charge in [-0.25, -0.2) is 0 Å². The van der Waals surface area contributed by atoms with Gasteiger partial charge in [-0.05, 0) is 35.1 Å². The zero-order valence-corrected chi connectivity index (χ0v) is 15.5. The van der Waals surface area contributed by atoms with Gasteiger partial charge in [0.05, 0.1) is 5.69 Å². The first-order valence-corrected chi connectivity index (χ1v) is 9.62. The lowest BCUT2D eigenvalue weighted by Crippen LogP contribution is -2.14. The molecule has 2 nitrogen and oxygen atoms in total. The number of hydrogen-bond acceptors (Lipinski definition) is 2. The molecule has 0 aliphatic rings. The summed E-state index contributed by atoms with van der Waals surface area (Å²) in [6, 6.07) is 27.6. The SMILES string of the molecule is CCSc1ccccc1NC(=O)/C(=C/c1ccccc1)c1ccccc1. The topological polar surface area (TPSA) is 29.1 Å². The van der Waals surface area contributed by atoms with Crippen molar-refractivity contribution in [2.45, 2.75) is 11.8 Å². The van der Waals surface area contributed by atoms with Crippen LogP contribution >= 0.6 is 11.8 Å². The molecule has 0 unspecified atom stereocenters. The number of carbonyl (C=O) groups is 1. The lowest BCUT2D eigenvalue weighted by atomic mass is 10.0. The van der Waals surface area contributed by atoms with Gasteiger partial charge in [-0.1, -0.05) is 79.7 Å². The van der Waals surface area contributed by atoms with Gasteiger partial charge in [0.1, 0.15) is 0 Å². The summed E-state index contributed by atoms with van der Waals surface area (Å²) in [4.78, 5) is 14.2. The Balaban J connectivity index is 1.95. The van der Waals surface area contributed by atoms with Crippen molar-refractivity contribution in [3.05, 3.63) is 96.1 Å². The average molecular weight is 359 g/mol. The van der Waals surface area contributed by atoms with Crippen LogP contribution in [0.4, 0.5) is 5.69 Å². The number of benzene rings is 3. The molecule has 26 heavy (non-hydrogen) atoms. The highest BCUT2D eigenvalue weighted by atomic mass is 32.2. The second-order valence-corrected chi connectivity index (χ2v) is 7.02. The Morgan fingerprint density at radius 2 is 1.50 bits per heavy atom. The van der Waals surface area contributed by atoms with Gasteiger partial charge < -0.3 is 5.32 Å². The van der Waals surface area contributed by atoms with E-state index in [4.69, 9.17) is 0 Å². The van der Waals surface area contributed by atoms with Crippen LogP contribution in [0.1, 0.15) is 18.1 Å². The summed E-state index contributed by atoms with van der Waals surface area (Å²) in [5.41, 5.74) is 3.39. The second-order valence-electron chi connectivity index (χ2n) is 5.72. The fraction of sp³-hybridized carbons (Fsp3) is 0.0870. The average Bonchev–Trinajstić information content (AvgIpc) is 2.69. The number of hydrogen-bond donors (Lipinski definition) is 1. The number of anilines is 1. The smallest absolute Gasteiger partial charge is 0.256 e. The van der Waals surface area contributed by atoms with E-state index in [-0.39, 0.29) is 5.91 Å². The molecule has 0 heterocycles. The molecule has 0 aromatic heterocycles. The molecule has 0 aliphatic heterocycles. The molecule has 0 atom stereocenters. The Morgan fingerprint density at radius 1 is 0.885 bits per heavy atom. The fourth-order valence-electron chi connectivity index (χ4n) is 2.65. The Bertz CT molecular complexity index is 888. The van der Waals surface area contributed by atoms with Gasteiger partial charge in [0.25, 0.3) is 5.91 Å². The minimum absolute atomic E-state index is 0.107. The summed E-state index contributed by atoms with van der Waals surface area (Å²) >= 11 is 1.72. The van der Waals surface area contributed by atoms with Crippen molar-refractivity contribution >= 4 is 35.0 Å². The maximum atomic E-state index is 13.1. The van der Waals surface area contributed by atoms with E-state index >= 15 is 0 Å². The number of amides is 1. The van der Waals surface area contributed by atoms with E-state index in [0.717, 1.165) is 27.5 Å². The molecule has 3 heteroatoms. The number of rotatable bonds is 6. The zero-order valence-electron chi connectivity index (χ0n) is 14.7. The molecule has 0 saturated heterocycles. The van der Waals surface area contributed by atoms with Crippen molar-refractivity contribution < 1.29 is 4.79 Å². The van der Waals surface area contributed by atoms with Crippen LogP contribution in [0.15, 0.2) is 89.8 Å². The largest absolute Gasteiger partial charge is 0.321 e. The minimum Gasteiger partial charge on any atom is -0.321 e. The number of carbonyl (C=O) groups excluding carboxylic acids is 1. The predicted octanol–water partition coefficient (Wildman–Crippen LogP) is 5.98. The van der Waals surface area contributed by atoms with Crippen LogP contribution in [-0.2, 0) is 4.79 Å². The Labute approximate surface area is 159 Å². The predicted molar refractivity (Wildman–Crippen MR) is 112 cm³/mol. The van der Waals surface area contributed by atoms with Crippen LogP contribution in [0.3, 0.4) is 0 Å². The van der Waals surface area contributed by atoms with E-state index in [2.05, 4.69) is 12.2 Å². The molecule has 0 saturated carbocycles. The zero-order chi connectivity index (χ0) is 18.2. The van der Waals surface area contributed by atoms with Gasteiger partial charge in [-0.15, -0.1) is 11.8 Å². The highest BCUT2D eigenvalue weighted by molar-refractivity contribution is 7.99. The van der Waals surface area contributed by atoms with Gasteiger partial charge >= 0.3 is 0 Å². The molecule has 0 fully saturated rings. The van der Waals surface area contributed by atoms with Gasteiger partial charge in [0.15, 0.2) is 0 Å². The Morgan fingerprint density at radius 3 is 2.19 bits per heavy atom. The minimum atomic E-state index is -0.107. The highest BCUT2D eigenvalue weighted by Gasteiger charge is 2.14. The summed E-state index contributed by atoms with van der Waals surface area (Å²) in [6.45, 7) is 2.11. The monoisotopic (exact) mass is 359 g/mol. The number of nitrogens with one attached hydrogen (secondary N) is 1. The Hall–Kier alpha value is -2.78. The van der Waals surface area contributed by atoms with Gasteiger partial charge in [-0.3, -0.25) is 4.79 Å². The van der Waals surface area contributed by atoms with Crippen LogP contribution in [0.2, 0.25) is 0 Å². The molecular formula is C23H21NOS. The molecular weight excluding hydrogens is 338 g/mol. The van der Waals surface area contributed by atoms with Gasteiger partial charge in [-0.2, -0.15) is 0 Å². The first-order valence-electron chi connectivity index (χ1n) is 8.63. The maximum Gasteiger partial charge on any atom is 0.256 e. The molecule has 3 aromatic carbocycles. The van der Waals surface area contributed by atoms with Crippen LogP contribution in [-0.4, -0.2) is 11.7 Å². The van der Waals surface area contributed by atoms with Gasteiger partial charge in [0.2, 0.25) is 0 Å². The fourth-order valence-corrected chi connectivity index (χ4v) is 3.41. The molecule has 1 N–H and O–H groups in total. The standard InChI is InChI=1S/C23H21NOS/c1-2-26-22-16-10-9-15-21(22)24-23(25)20(19-13-7-4-8-14-19)17-18-11-5-3-6-12-18/h3-17H,2H2,1H3,(H,24,25)/b20-17+. The lowest BCUT2D eigenvalue weighted by molar-refractivity contribution is -0.111. The van der Waals surface area contributed by atoms with Crippen molar-refractivity contribution in [1.29, 1.82) is 0 Å². The van der Waals surface area contributed by atoms with Crippen LogP contribution in [0.5, 0.6) is 0 Å². The normalized spacial score (nSPS) is 11.2. The molecule has 0 aliphatic carbocycles. The lowest BCUT2D eigenvalue weighted by Gasteiger charge is -2.13. The summed E-state index contributed by atoms with van der Waals surface area (Å²) in [7, 11) is 0. The number of para-hydroxylation sites is 1. The summed E-state index contributed by atoms with van der Waals surface area (Å²) < 4.78 is 0. The summed E-state index contributed by atoms with van der Waals surface area (Å²) in [5.74, 6) is 0.849. The van der Waals surface area contributed by atoms with E-state index in [0.29, 0.717) is 5.57 Å². The van der Waals surface area contributed by atoms with Crippen molar-refractivity contribution in [3.8, 4) is 0 Å². The second kappa shape index (κ2) is 9.07. The Kier molecular flexibility index (Phi) is 6.29. The summed E-state index contributed by atoms with van der Waals surface area (Å²) in [5, 5.41) is 3.09. The molecule has 130 valence electrons. The first kappa shape index (κ1) is 18.0. The third-order valence-corrected chi connectivity index (χ3v) is 4.83. The van der Waals surface area contributed by atoms with Crippen molar-refractivity contribution in [1.82, 2.24) is 0 Å². The first-order chi connectivity index (χ1) is 12.8. The van der Waals surface area contributed by atoms with E-state index in [1.165, 1.54) is 0 Å². The molecule has 0 spiro atoms. The maximum absolute atomic E-state index is 13.1. The van der Waals surface area contributed by atoms with Crippen LogP contribution in [0.25, 0.3) is 11.6 Å². The molecule has 1 amide bonds. The van der Waals surface area contributed by atoms with E-state index in [9.17, 15) is 4.79 Å². The van der Waals surface area contributed by atoms with Gasteiger partial charge in [0, 0.05) is 10.5 Å². The van der Waals surface area contributed by atoms with Crippen LogP contribution in [0, 0.1) is 0 Å². The van der Waals surface area contributed by atoms with Crippen molar-refractivity contribution in [2.75, 3.05) is 11.1 Å².